The van der Waals surface area contributed by atoms with Gasteiger partial charge >= 0.3 is 0 Å². The van der Waals surface area contributed by atoms with E-state index in [2.05, 4.69) is 0 Å². The second kappa shape index (κ2) is 5.24. The van der Waals surface area contributed by atoms with Crippen molar-refractivity contribution >= 4 is 27.5 Å². The van der Waals surface area contributed by atoms with Crippen LogP contribution in [-0.4, -0.2) is 8.42 Å². The molecule has 0 radical (unpaired) electrons. The molecule has 4 N–H and O–H groups in total. The standard InChI is InChI=1S/C13H14N2O2S2/c1-9-5-2-3-6-10(9)18-11-7-4-8-12(13(11)14)19(15,16)17/h2-8H,14H2,1H3,(H2,15,16,17). The van der Waals surface area contributed by atoms with Gasteiger partial charge in [0.1, 0.15) is 4.90 Å². The molecule has 2 aromatic carbocycles. The van der Waals surface area contributed by atoms with Crippen molar-refractivity contribution in [3.05, 3.63) is 48.0 Å². The van der Waals surface area contributed by atoms with Gasteiger partial charge in [-0.3, -0.25) is 0 Å². The zero-order valence-corrected chi connectivity index (χ0v) is 12.0. The van der Waals surface area contributed by atoms with E-state index >= 15 is 0 Å². The highest BCUT2D eigenvalue weighted by Gasteiger charge is 2.15. The van der Waals surface area contributed by atoms with Crippen LogP contribution >= 0.6 is 11.8 Å². The minimum Gasteiger partial charge on any atom is -0.397 e. The molecule has 0 unspecified atom stereocenters. The van der Waals surface area contributed by atoms with Gasteiger partial charge in [0.05, 0.1) is 5.69 Å². The quantitative estimate of drug-likeness (QED) is 0.851. The lowest BCUT2D eigenvalue weighted by molar-refractivity contribution is 0.598. The van der Waals surface area contributed by atoms with Gasteiger partial charge in [0.25, 0.3) is 0 Å². The topological polar surface area (TPSA) is 86.2 Å². The number of nitrogens with two attached hydrogens (primary N) is 2. The summed E-state index contributed by atoms with van der Waals surface area (Å²) in [5.41, 5.74) is 7.18. The van der Waals surface area contributed by atoms with E-state index in [0.29, 0.717) is 4.90 Å². The highest BCUT2D eigenvalue weighted by Crippen LogP contribution is 2.36. The summed E-state index contributed by atoms with van der Waals surface area (Å²) in [6.45, 7) is 1.99. The van der Waals surface area contributed by atoms with Crippen molar-refractivity contribution in [1.82, 2.24) is 0 Å². The molecule has 0 amide bonds. The Morgan fingerprint density at radius 2 is 1.63 bits per heavy atom. The Kier molecular flexibility index (Phi) is 3.84. The number of nitrogen functional groups attached to an aromatic ring is 1. The Hall–Kier alpha value is -1.50. The molecule has 2 aromatic rings. The first-order valence-electron chi connectivity index (χ1n) is 5.54. The molecule has 2 rings (SSSR count). The Morgan fingerprint density at radius 1 is 1.00 bits per heavy atom. The van der Waals surface area contributed by atoms with E-state index in [1.165, 1.54) is 17.8 Å². The van der Waals surface area contributed by atoms with Crippen LogP contribution in [0.1, 0.15) is 5.56 Å². The molecule has 0 saturated carbocycles. The van der Waals surface area contributed by atoms with Crippen LogP contribution in [0.2, 0.25) is 0 Å². The van der Waals surface area contributed by atoms with Crippen molar-refractivity contribution in [3.8, 4) is 0 Å². The molecule has 4 nitrogen and oxygen atoms in total. The first-order chi connectivity index (χ1) is 8.89. The molecule has 0 aliphatic heterocycles. The molecule has 0 saturated heterocycles. The lowest BCUT2D eigenvalue weighted by Crippen LogP contribution is -2.14. The first-order valence-corrected chi connectivity index (χ1v) is 7.90. The molecule has 6 heteroatoms. The Labute approximate surface area is 116 Å². The maximum Gasteiger partial charge on any atom is 0.240 e. The van der Waals surface area contributed by atoms with Gasteiger partial charge < -0.3 is 5.73 Å². The zero-order valence-electron chi connectivity index (χ0n) is 10.3. The molecular weight excluding hydrogens is 280 g/mol. The van der Waals surface area contributed by atoms with Crippen molar-refractivity contribution in [2.45, 2.75) is 21.6 Å². The normalized spacial score (nSPS) is 11.5. The molecule has 0 heterocycles. The van der Waals surface area contributed by atoms with Crippen LogP contribution < -0.4 is 10.9 Å². The third-order valence-corrected chi connectivity index (χ3v) is 4.87. The summed E-state index contributed by atoms with van der Waals surface area (Å²) >= 11 is 1.43. The van der Waals surface area contributed by atoms with Crippen LogP contribution in [0.3, 0.4) is 0 Å². The Morgan fingerprint density at radius 3 is 2.26 bits per heavy atom. The maximum absolute atomic E-state index is 11.4. The van der Waals surface area contributed by atoms with Gasteiger partial charge in [0.15, 0.2) is 0 Å². The number of benzene rings is 2. The highest BCUT2D eigenvalue weighted by molar-refractivity contribution is 7.99. The molecule has 0 spiro atoms. The fourth-order valence-corrected chi connectivity index (χ4v) is 3.38. The van der Waals surface area contributed by atoms with E-state index < -0.39 is 10.0 Å². The average Bonchev–Trinajstić information content (AvgIpc) is 2.33. The van der Waals surface area contributed by atoms with Gasteiger partial charge in [-0.25, -0.2) is 13.6 Å². The average molecular weight is 294 g/mol. The molecule has 0 aliphatic carbocycles. The number of aryl methyl sites for hydroxylation is 1. The Bertz CT molecular complexity index is 712. The second-order valence-corrected chi connectivity index (χ2v) is 6.69. The van der Waals surface area contributed by atoms with Crippen LogP contribution in [0.15, 0.2) is 57.2 Å². The van der Waals surface area contributed by atoms with E-state index in [-0.39, 0.29) is 10.6 Å². The van der Waals surface area contributed by atoms with E-state index in [0.717, 1.165) is 10.5 Å². The first kappa shape index (κ1) is 13.9. The van der Waals surface area contributed by atoms with Crippen molar-refractivity contribution in [1.29, 1.82) is 0 Å². The van der Waals surface area contributed by atoms with E-state index in [1.54, 1.807) is 12.1 Å². The largest absolute Gasteiger partial charge is 0.397 e. The number of hydrogen-bond donors (Lipinski definition) is 2. The molecule has 0 aromatic heterocycles. The zero-order chi connectivity index (χ0) is 14.0. The number of rotatable bonds is 3. The predicted molar refractivity (Wildman–Crippen MR) is 77.5 cm³/mol. The summed E-state index contributed by atoms with van der Waals surface area (Å²) in [6.07, 6.45) is 0. The SMILES string of the molecule is Cc1ccccc1Sc1cccc(S(N)(=O)=O)c1N. The molecule has 0 fully saturated rings. The van der Waals surface area contributed by atoms with Gasteiger partial charge in [0, 0.05) is 9.79 Å². The van der Waals surface area contributed by atoms with Crippen molar-refractivity contribution < 1.29 is 8.42 Å². The van der Waals surface area contributed by atoms with Crippen molar-refractivity contribution in [2.24, 2.45) is 5.14 Å². The number of primary sulfonamides is 1. The van der Waals surface area contributed by atoms with Crippen LogP contribution in [0.25, 0.3) is 0 Å². The molecule has 100 valence electrons. The summed E-state index contributed by atoms with van der Waals surface area (Å²) in [5.74, 6) is 0. The predicted octanol–water partition coefficient (Wildman–Crippen LogP) is 2.38. The summed E-state index contributed by atoms with van der Waals surface area (Å²) in [5, 5.41) is 5.13. The van der Waals surface area contributed by atoms with E-state index in [9.17, 15) is 8.42 Å². The minimum atomic E-state index is -3.80. The number of para-hydroxylation sites is 1. The number of hydrogen-bond acceptors (Lipinski definition) is 4. The molecular formula is C13H14N2O2S2. The fourth-order valence-electron chi connectivity index (χ4n) is 1.65. The molecule has 0 bridgehead atoms. The minimum absolute atomic E-state index is 0.0360. The van der Waals surface area contributed by atoms with Gasteiger partial charge in [-0.2, -0.15) is 0 Å². The van der Waals surface area contributed by atoms with E-state index in [4.69, 9.17) is 10.9 Å². The van der Waals surface area contributed by atoms with E-state index in [1.807, 2.05) is 31.2 Å². The third kappa shape index (κ3) is 3.09. The number of anilines is 1. The summed E-state index contributed by atoms with van der Waals surface area (Å²) in [6, 6.07) is 12.6. The third-order valence-electron chi connectivity index (χ3n) is 2.65. The number of sulfonamides is 1. The molecule has 0 atom stereocenters. The van der Waals surface area contributed by atoms with Crippen LogP contribution in [0.4, 0.5) is 5.69 Å². The van der Waals surface area contributed by atoms with Gasteiger partial charge in [0.2, 0.25) is 10.0 Å². The Balaban J connectivity index is 2.46. The lowest BCUT2D eigenvalue weighted by Gasteiger charge is -2.10. The van der Waals surface area contributed by atoms with Crippen LogP contribution in [-0.2, 0) is 10.0 Å². The van der Waals surface area contributed by atoms with Crippen molar-refractivity contribution in [3.63, 3.8) is 0 Å². The molecule has 19 heavy (non-hydrogen) atoms. The van der Waals surface area contributed by atoms with Gasteiger partial charge in [-0.1, -0.05) is 36.0 Å². The van der Waals surface area contributed by atoms with Crippen molar-refractivity contribution in [2.75, 3.05) is 5.73 Å². The van der Waals surface area contributed by atoms with Crippen LogP contribution in [0.5, 0.6) is 0 Å². The van der Waals surface area contributed by atoms with Gasteiger partial charge in [-0.15, -0.1) is 0 Å². The summed E-state index contributed by atoms with van der Waals surface area (Å²) in [4.78, 5) is 1.67. The summed E-state index contributed by atoms with van der Waals surface area (Å²) < 4.78 is 22.8. The molecule has 0 aliphatic rings. The second-order valence-electron chi connectivity index (χ2n) is 4.08. The monoisotopic (exact) mass is 294 g/mol. The smallest absolute Gasteiger partial charge is 0.240 e. The van der Waals surface area contributed by atoms with Gasteiger partial charge in [-0.05, 0) is 30.7 Å². The lowest BCUT2D eigenvalue weighted by atomic mass is 10.2. The fraction of sp³-hybridized carbons (Fsp3) is 0.0769. The summed E-state index contributed by atoms with van der Waals surface area (Å²) in [7, 11) is -3.80. The van der Waals surface area contributed by atoms with Crippen LogP contribution in [0, 0.1) is 6.92 Å². The highest BCUT2D eigenvalue weighted by atomic mass is 32.2. The maximum atomic E-state index is 11.4.